The molecule has 0 saturated heterocycles. The standard InChI is InChI=1S/C33H30O6/c1-39-31(38)33(30(36)37)28(22-8-4-2-5-9-22)20-32(24-12-16-26(34)17-13-24,25-14-18-27(35)19-15-25)21-29(33)23-10-6-3-7-11-23/h2-19,28-29,34-35H,20-21H2,1H3,(H,36,37). The third-order valence-electron chi connectivity index (χ3n) is 8.33. The molecule has 1 aliphatic rings. The molecule has 4 aromatic carbocycles. The number of methoxy groups -OCH3 is 1. The van der Waals surface area contributed by atoms with Crippen molar-refractivity contribution in [1.82, 2.24) is 0 Å². The van der Waals surface area contributed by atoms with E-state index in [1.807, 2.05) is 84.9 Å². The van der Waals surface area contributed by atoms with Gasteiger partial charge in [-0.3, -0.25) is 9.59 Å². The van der Waals surface area contributed by atoms with Gasteiger partial charge in [0.15, 0.2) is 5.41 Å². The molecule has 0 radical (unpaired) electrons. The Kier molecular flexibility index (Phi) is 6.87. The molecule has 0 amide bonds. The lowest BCUT2D eigenvalue weighted by Gasteiger charge is -2.53. The fourth-order valence-electron chi connectivity index (χ4n) is 6.52. The number of carbonyl (C=O) groups is 2. The summed E-state index contributed by atoms with van der Waals surface area (Å²) < 4.78 is 5.28. The second-order valence-corrected chi connectivity index (χ2v) is 10.2. The summed E-state index contributed by atoms with van der Waals surface area (Å²) in [4.78, 5) is 27.3. The summed E-state index contributed by atoms with van der Waals surface area (Å²) in [6.45, 7) is 0. The van der Waals surface area contributed by atoms with Crippen LogP contribution in [0.3, 0.4) is 0 Å². The van der Waals surface area contributed by atoms with E-state index in [2.05, 4.69) is 0 Å². The van der Waals surface area contributed by atoms with E-state index in [9.17, 15) is 24.9 Å². The van der Waals surface area contributed by atoms with Crippen LogP contribution in [0.25, 0.3) is 0 Å². The van der Waals surface area contributed by atoms with E-state index in [0.29, 0.717) is 11.1 Å². The van der Waals surface area contributed by atoms with E-state index in [-0.39, 0.29) is 24.3 Å². The normalized spacial score (nSPS) is 22.1. The fourth-order valence-corrected chi connectivity index (χ4v) is 6.52. The smallest absolute Gasteiger partial charge is 0.324 e. The molecule has 0 aliphatic heterocycles. The van der Waals surface area contributed by atoms with Gasteiger partial charge in [0, 0.05) is 17.3 Å². The van der Waals surface area contributed by atoms with Gasteiger partial charge in [0.1, 0.15) is 11.5 Å². The number of benzene rings is 4. The topological polar surface area (TPSA) is 104 Å². The molecule has 0 aromatic heterocycles. The van der Waals surface area contributed by atoms with Crippen LogP contribution in [0.2, 0.25) is 0 Å². The highest BCUT2D eigenvalue weighted by Crippen LogP contribution is 2.63. The van der Waals surface area contributed by atoms with Gasteiger partial charge in [-0.1, -0.05) is 84.9 Å². The molecule has 0 bridgehead atoms. The molecule has 0 heterocycles. The number of ether oxygens (including phenoxy) is 1. The average Bonchev–Trinajstić information content (AvgIpc) is 2.97. The first kappa shape index (κ1) is 26.0. The third-order valence-corrected chi connectivity index (χ3v) is 8.33. The number of carboxylic acid groups (broad SMARTS) is 1. The summed E-state index contributed by atoms with van der Waals surface area (Å²) in [5.41, 5.74) is 0.499. The molecule has 2 unspecified atom stereocenters. The minimum atomic E-state index is -1.91. The maximum Gasteiger partial charge on any atom is 0.324 e. The van der Waals surface area contributed by atoms with Crippen molar-refractivity contribution in [3.63, 3.8) is 0 Å². The van der Waals surface area contributed by atoms with Crippen molar-refractivity contribution in [3.8, 4) is 11.5 Å². The Morgan fingerprint density at radius 3 is 1.38 bits per heavy atom. The lowest BCUT2D eigenvalue weighted by Crippen LogP contribution is -2.56. The molecule has 3 N–H and O–H groups in total. The van der Waals surface area contributed by atoms with Crippen molar-refractivity contribution in [3.05, 3.63) is 131 Å². The highest BCUT2D eigenvalue weighted by Gasteiger charge is 2.65. The number of phenols is 2. The summed E-state index contributed by atoms with van der Waals surface area (Å²) in [6.07, 6.45) is 0.550. The second-order valence-electron chi connectivity index (χ2n) is 10.2. The molecule has 1 aliphatic carbocycles. The lowest BCUT2D eigenvalue weighted by molar-refractivity contribution is -0.174. The van der Waals surface area contributed by atoms with E-state index in [1.165, 1.54) is 7.11 Å². The van der Waals surface area contributed by atoms with Gasteiger partial charge in [0.2, 0.25) is 0 Å². The van der Waals surface area contributed by atoms with Crippen molar-refractivity contribution in [2.45, 2.75) is 30.1 Å². The zero-order chi connectivity index (χ0) is 27.6. The molecule has 0 spiro atoms. The molecular weight excluding hydrogens is 492 g/mol. The molecule has 2 atom stereocenters. The van der Waals surface area contributed by atoms with E-state index in [1.54, 1.807) is 24.3 Å². The van der Waals surface area contributed by atoms with E-state index >= 15 is 0 Å². The number of hydrogen-bond acceptors (Lipinski definition) is 5. The number of phenolic OH excluding ortho intramolecular Hbond substituents is 2. The first-order valence-corrected chi connectivity index (χ1v) is 12.8. The molecule has 4 aromatic rings. The maximum atomic E-state index is 13.8. The minimum absolute atomic E-state index is 0.115. The summed E-state index contributed by atoms with van der Waals surface area (Å²) in [7, 11) is 1.24. The highest BCUT2D eigenvalue weighted by molar-refractivity contribution is 6.02. The Labute approximate surface area is 227 Å². The van der Waals surface area contributed by atoms with Crippen LogP contribution in [0.1, 0.15) is 46.9 Å². The van der Waals surface area contributed by atoms with Gasteiger partial charge in [-0.2, -0.15) is 0 Å². The first-order chi connectivity index (χ1) is 18.8. The van der Waals surface area contributed by atoms with Crippen LogP contribution < -0.4 is 0 Å². The Hall–Kier alpha value is -4.58. The summed E-state index contributed by atoms with van der Waals surface area (Å²) in [5, 5.41) is 31.2. The summed E-state index contributed by atoms with van der Waals surface area (Å²) >= 11 is 0. The molecule has 1 fully saturated rings. The molecule has 198 valence electrons. The van der Waals surface area contributed by atoms with E-state index in [0.717, 1.165) is 11.1 Å². The minimum Gasteiger partial charge on any atom is -0.508 e. The number of aliphatic carboxylic acids is 1. The Bertz CT molecular complexity index is 1350. The monoisotopic (exact) mass is 522 g/mol. The van der Waals surface area contributed by atoms with Crippen LogP contribution in [-0.4, -0.2) is 34.4 Å². The van der Waals surface area contributed by atoms with Gasteiger partial charge >= 0.3 is 11.9 Å². The molecule has 6 nitrogen and oxygen atoms in total. The van der Waals surface area contributed by atoms with Crippen molar-refractivity contribution < 1.29 is 29.6 Å². The lowest BCUT2D eigenvalue weighted by atomic mass is 9.47. The van der Waals surface area contributed by atoms with Gasteiger partial charge in [-0.05, 0) is 59.4 Å². The number of carbonyl (C=O) groups excluding carboxylic acids is 1. The Morgan fingerprint density at radius 1 is 0.667 bits per heavy atom. The maximum absolute atomic E-state index is 13.8. The highest BCUT2D eigenvalue weighted by atomic mass is 16.5. The SMILES string of the molecule is COC(=O)C1(C(=O)O)C(c2ccccc2)CC(c2ccc(O)cc2)(c2ccc(O)cc2)CC1c1ccccc1. The van der Waals surface area contributed by atoms with Crippen LogP contribution in [0.4, 0.5) is 0 Å². The van der Waals surface area contributed by atoms with Crippen molar-refractivity contribution in [2.24, 2.45) is 5.41 Å². The molecular formula is C33H30O6. The second kappa shape index (κ2) is 10.3. The zero-order valence-electron chi connectivity index (χ0n) is 21.5. The molecule has 6 heteroatoms. The van der Waals surface area contributed by atoms with Gasteiger partial charge < -0.3 is 20.1 Å². The average molecular weight is 523 g/mol. The third kappa shape index (κ3) is 4.32. The van der Waals surface area contributed by atoms with Gasteiger partial charge in [-0.25, -0.2) is 0 Å². The zero-order valence-corrected chi connectivity index (χ0v) is 21.5. The number of aromatic hydroxyl groups is 2. The number of rotatable bonds is 6. The summed E-state index contributed by atoms with van der Waals surface area (Å²) in [6, 6.07) is 32.4. The first-order valence-electron chi connectivity index (χ1n) is 12.8. The number of esters is 1. The van der Waals surface area contributed by atoms with Crippen LogP contribution in [-0.2, 0) is 19.7 Å². The van der Waals surface area contributed by atoms with Crippen molar-refractivity contribution in [1.29, 1.82) is 0 Å². The van der Waals surface area contributed by atoms with E-state index in [4.69, 9.17) is 4.74 Å². The molecule has 5 rings (SSSR count). The summed E-state index contributed by atoms with van der Waals surface area (Å²) in [5.74, 6) is -3.34. The Balaban J connectivity index is 1.87. The van der Waals surface area contributed by atoms with Crippen molar-refractivity contribution >= 4 is 11.9 Å². The van der Waals surface area contributed by atoms with Gasteiger partial charge in [0.25, 0.3) is 0 Å². The number of hydrogen-bond donors (Lipinski definition) is 3. The van der Waals surface area contributed by atoms with Crippen LogP contribution in [0.5, 0.6) is 11.5 Å². The number of carboxylic acids is 1. The van der Waals surface area contributed by atoms with Crippen LogP contribution in [0, 0.1) is 5.41 Å². The predicted octanol–water partition coefficient (Wildman–Crippen LogP) is 5.99. The van der Waals surface area contributed by atoms with Gasteiger partial charge in [0.05, 0.1) is 7.11 Å². The van der Waals surface area contributed by atoms with Crippen molar-refractivity contribution in [2.75, 3.05) is 7.11 Å². The van der Waals surface area contributed by atoms with Crippen LogP contribution in [0.15, 0.2) is 109 Å². The predicted molar refractivity (Wildman–Crippen MR) is 147 cm³/mol. The van der Waals surface area contributed by atoms with Gasteiger partial charge in [-0.15, -0.1) is 0 Å². The van der Waals surface area contributed by atoms with Crippen LogP contribution >= 0.6 is 0 Å². The largest absolute Gasteiger partial charge is 0.508 e. The fraction of sp³-hybridized carbons (Fsp3) is 0.212. The quantitative estimate of drug-likeness (QED) is 0.212. The molecule has 1 saturated carbocycles. The Morgan fingerprint density at radius 2 is 1.05 bits per heavy atom. The van der Waals surface area contributed by atoms with E-state index < -0.39 is 34.6 Å². The molecule has 39 heavy (non-hydrogen) atoms.